The Morgan fingerprint density at radius 2 is 1.75 bits per heavy atom. The molecule has 1 aliphatic heterocycles. The molecule has 0 spiro atoms. The van der Waals surface area contributed by atoms with E-state index in [1.165, 1.54) is 12.1 Å². The maximum atomic E-state index is 13.0. The first kappa shape index (κ1) is 23.9. The molecular weight excluding hydrogens is 491 g/mol. The average molecular weight is 512 g/mol. The van der Waals surface area contributed by atoms with Crippen molar-refractivity contribution in [1.29, 1.82) is 0 Å². The minimum Gasteiger partial charge on any atom is -0.486 e. The van der Waals surface area contributed by atoms with Gasteiger partial charge in [-0.25, -0.2) is 15.0 Å². The molecule has 0 unspecified atom stereocenters. The van der Waals surface area contributed by atoms with Crippen LogP contribution in [0.15, 0.2) is 72.9 Å². The quantitative estimate of drug-likeness (QED) is 0.322. The highest BCUT2D eigenvalue weighted by Crippen LogP contribution is 2.33. The Kier molecular flexibility index (Phi) is 6.65. The molecule has 2 aromatic carbocycles. The third-order valence-corrected chi connectivity index (χ3v) is 6.03. The fourth-order valence-corrected chi connectivity index (χ4v) is 4.23. The van der Waals surface area contributed by atoms with Crippen LogP contribution in [-0.2, 0) is 25.7 Å². The number of nitrogens with one attached hydrogen (secondary N) is 1. The van der Waals surface area contributed by atoms with E-state index in [-0.39, 0.29) is 6.61 Å². The summed E-state index contributed by atoms with van der Waals surface area (Å²) in [6, 6.07) is 17.7. The fraction of sp³-hybridized carbons (Fsp3) is 0.192. The van der Waals surface area contributed by atoms with Crippen molar-refractivity contribution in [3.63, 3.8) is 0 Å². The third kappa shape index (κ3) is 5.36. The van der Waals surface area contributed by atoms with Crippen molar-refractivity contribution in [3.8, 4) is 5.75 Å². The Morgan fingerprint density at radius 1 is 0.972 bits per heavy atom. The summed E-state index contributed by atoms with van der Waals surface area (Å²) in [4.78, 5) is 15.9. The molecule has 3 heterocycles. The number of para-hydroxylation sites is 1. The molecule has 0 saturated carbocycles. The van der Waals surface area contributed by atoms with Crippen molar-refractivity contribution in [2.45, 2.75) is 25.7 Å². The standard InChI is InChI=1S/C26H21ClF3N5O/c27-21-7-4-13-31-25(21)35-14-12-20-22(15-35)33-23(16-36-19-5-2-1-3-6-19)34-24(20)32-18-10-8-17(9-11-18)26(28,29)30/h1-11,13H,12,14-16H2,(H,32,33,34). The van der Waals surface area contributed by atoms with Crippen LogP contribution in [0.4, 0.5) is 30.5 Å². The molecule has 0 aliphatic carbocycles. The lowest BCUT2D eigenvalue weighted by Gasteiger charge is -2.30. The van der Waals surface area contributed by atoms with Gasteiger partial charge in [-0.2, -0.15) is 13.2 Å². The number of anilines is 3. The minimum atomic E-state index is -4.40. The average Bonchev–Trinajstić information content (AvgIpc) is 2.88. The van der Waals surface area contributed by atoms with Crippen molar-refractivity contribution in [3.05, 3.63) is 101 Å². The number of fused-ring (bicyclic) bond motifs is 1. The summed E-state index contributed by atoms with van der Waals surface area (Å²) < 4.78 is 44.8. The fourth-order valence-electron chi connectivity index (χ4n) is 3.98. The van der Waals surface area contributed by atoms with E-state index in [0.717, 1.165) is 23.4 Å². The van der Waals surface area contributed by atoms with Gasteiger partial charge in [0.25, 0.3) is 0 Å². The number of aromatic nitrogens is 3. The summed E-state index contributed by atoms with van der Waals surface area (Å²) in [6.07, 6.45) is -2.11. The molecule has 0 atom stereocenters. The predicted molar refractivity (Wildman–Crippen MR) is 132 cm³/mol. The SMILES string of the molecule is FC(F)(F)c1ccc(Nc2nc(COc3ccccc3)nc3c2CCN(c2ncccc2Cl)C3)cc1. The van der Waals surface area contributed by atoms with Gasteiger partial charge in [0.2, 0.25) is 0 Å². The van der Waals surface area contributed by atoms with Gasteiger partial charge in [-0.1, -0.05) is 29.8 Å². The van der Waals surface area contributed by atoms with Gasteiger partial charge in [-0.3, -0.25) is 0 Å². The second-order valence-corrected chi connectivity index (χ2v) is 8.60. The van der Waals surface area contributed by atoms with Crippen LogP contribution in [0.2, 0.25) is 5.02 Å². The van der Waals surface area contributed by atoms with Crippen LogP contribution in [0.5, 0.6) is 5.75 Å². The number of benzene rings is 2. The zero-order valence-electron chi connectivity index (χ0n) is 19.0. The second kappa shape index (κ2) is 10.0. The number of nitrogens with zero attached hydrogens (tertiary/aromatic N) is 4. The molecule has 0 fully saturated rings. The monoisotopic (exact) mass is 511 g/mol. The Morgan fingerprint density at radius 3 is 2.47 bits per heavy atom. The number of hydrogen-bond donors (Lipinski definition) is 1. The van der Waals surface area contributed by atoms with Crippen molar-refractivity contribution < 1.29 is 17.9 Å². The Labute approximate surface area is 210 Å². The largest absolute Gasteiger partial charge is 0.486 e. The Balaban J connectivity index is 1.45. The third-order valence-electron chi connectivity index (χ3n) is 5.74. The number of pyridine rings is 1. The lowest BCUT2D eigenvalue weighted by Crippen LogP contribution is -2.33. The zero-order chi connectivity index (χ0) is 25.1. The molecule has 5 rings (SSSR count). The van der Waals surface area contributed by atoms with E-state index < -0.39 is 11.7 Å². The summed E-state index contributed by atoms with van der Waals surface area (Å²) in [7, 11) is 0. The van der Waals surface area contributed by atoms with Crippen LogP contribution in [-0.4, -0.2) is 21.5 Å². The van der Waals surface area contributed by atoms with Crippen molar-refractivity contribution in [1.82, 2.24) is 15.0 Å². The molecule has 0 amide bonds. The second-order valence-electron chi connectivity index (χ2n) is 8.20. The smallest absolute Gasteiger partial charge is 0.416 e. The lowest BCUT2D eigenvalue weighted by atomic mass is 10.0. The highest BCUT2D eigenvalue weighted by atomic mass is 35.5. The topological polar surface area (TPSA) is 63.2 Å². The first-order valence-corrected chi connectivity index (χ1v) is 11.6. The van der Waals surface area contributed by atoms with Crippen LogP contribution in [0, 0.1) is 0 Å². The lowest BCUT2D eigenvalue weighted by molar-refractivity contribution is -0.137. The van der Waals surface area contributed by atoms with Gasteiger partial charge in [0.1, 0.15) is 24.0 Å². The summed E-state index contributed by atoms with van der Waals surface area (Å²) in [5, 5.41) is 3.73. The normalized spacial score (nSPS) is 13.3. The molecule has 6 nitrogen and oxygen atoms in total. The van der Waals surface area contributed by atoms with Crippen LogP contribution >= 0.6 is 11.6 Å². The first-order chi connectivity index (χ1) is 17.4. The van der Waals surface area contributed by atoms with Gasteiger partial charge in [0, 0.05) is 24.0 Å². The summed E-state index contributed by atoms with van der Waals surface area (Å²) in [5.74, 6) is 2.33. The molecule has 1 aliphatic rings. The van der Waals surface area contributed by atoms with Gasteiger partial charge in [0.05, 0.1) is 22.8 Å². The molecule has 0 bridgehead atoms. The van der Waals surface area contributed by atoms with Gasteiger partial charge < -0.3 is 15.0 Å². The van der Waals surface area contributed by atoms with Gasteiger partial charge >= 0.3 is 6.18 Å². The molecule has 4 aromatic rings. The van der Waals surface area contributed by atoms with Crippen LogP contribution < -0.4 is 15.0 Å². The number of rotatable bonds is 6. The van der Waals surface area contributed by atoms with Crippen molar-refractivity contribution in [2.75, 3.05) is 16.8 Å². The number of hydrogen-bond acceptors (Lipinski definition) is 6. The number of halogens is 4. The molecular formula is C26H21ClF3N5O. The van der Waals surface area contributed by atoms with E-state index in [2.05, 4.69) is 15.3 Å². The van der Waals surface area contributed by atoms with E-state index in [9.17, 15) is 13.2 Å². The Bertz CT molecular complexity index is 1350. The van der Waals surface area contributed by atoms with E-state index in [4.69, 9.17) is 21.3 Å². The zero-order valence-corrected chi connectivity index (χ0v) is 19.7. The first-order valence-electron chi connectivity index (χ1n) is 11.2. The number of ether oxygens (including phenoxy) is 1. The van der Waals surface area contributed by atoms with Crippen LogP contribution in [0.25, 0.3) is 0 Å². The molecule has 1 N–H and O–H groups in total. The summed E-state index contributed by atoms with van der Waals surface area (Å²) >= 11 is 6.37. The highest BCUT2D eigenvalue weighted by Gasteiger charge is 2.30. The van der Waals surface area contributed by atoms with Crippen LogP contribution in [0.3, 0.4) is 0 Å². The van der Waals surface area contributed by atoms with Gasteiger partial charge in [-0.15, -0.1) is 0 Å². The van der Waals surface area contributed by atoms with Gasteiger partial charge in [0.15, 0.2) is 5.82 Å². The summed E-state index contributed by atoms with van der Waals surface area (Å²) in [6.45, 7) is 1.21. The van der Waals surface area contributed by atoms with Crippen molar-refractivity contribution in [2.24, 2.45) is 0 Å². The van der Waals surface area contributed by atoms with E-state index in [1.54, 1.807) is 18.3 Å². The maximum absolute atomic E-state index is 13.0. The van der Waals surface area contributed by atoms with Gasteiger partial charge in [-0.05, 0) is 55.0 Å². The molecule has 10 heteroatoms. The van der Waals surface area contributed by atoms with E-state index >= 15 is 0 Å². The van der Waals surface area contributed by atoms with Crippen LogP contribution in [0.1, 0.15) is 22.6 Å². The highest BCUT2D eigenvalue weighted by molar-refractivity contribution is 6.32. The maximum Gasteiger partial charge on any atom is 0.416 e. The van der Waals surface area contributed by atoms with E-state index in [1.807, 2.05) is 35.2 Å². The predicted octanol–water partition coefficient (Wildman–Crippen LogP) is 6.43. The van der Waals surface area contributed by atoms with E-state index in [0.29, 0.717) is 53.4 Å². The van der Waals surface area contributed by atoms with Crippen molar-refractivity contribution >= 4 is 28.9 Å². The molecule has 184 valence electrons. The summed E-state index contributed by atoms with van der Waals surface area (Å²) in [5.41, 5.74) is 1.45. The molecule has 2 aromatic heterocycles. The number of alkyl halides is 3. The minimum absolute atomic E-state index is 0.128. The molecule has 0 saturated heterocycles. The molecule has 36 heavy (non-hydrogen) atoms. The Hall–Kier alpha value is -3.85. The molecule has 0 radical (unpaired) electrons.